The molecule has 0 amide bonds. The minimum absolute atomic E-state index is 0.0234. The Morgan fingerprint density at radius 1 is 0.789 bits per heavy atom. The van der Waals surface area contributed by atoms with Crippen LogP contribution in [0.3, 0.4) is 0 Å². The number of nitrogens with two attached hydrogens (primary N) is 3. The molecule has 6 aromatic rings. The van der Waals surface area contributed by atoms with Gasteiger partial charge in [-0.15, -0.1) is 24.0 Å². The first-order chi connectivity index (χ1) is 33.8. The summed E-state index contributed by atoms with van der Waals surface area (Å²) in [5, 5.41) is 58.1. The van der Waals surface area contributed by atoms with Gasteiger partial charge in [0.25, 0.3) is 20.1 Å². The molecule has 0 bridgehead atoms. The van der Waals surface area contributed by atoms with Gasteiger partial charge in [-0.2, -0.15) is 23.8 Å². The lowest BCUT2D eigenvalue weighted by molar-refractivity contribution is -0.434. The van der Waals surface area contributed by atoms with Crippen molar-refractivity contribution in [2.75, 3.05) is 42.7 Å². The van der Waals surface area contributed by atoms with E-state index in [0.29, 0.717) is 77.0 Å². The van der Waals surface area contributed by atoms with Gasteiger partial charge in [-0.25, -0.2) is 23.1 Å². The topological polar surface area (TPSA) is 406 Å². The van der Waals surface area contributed by atoms with Crippen molar-refractivity contribution in [3.63, 3.8) is 0 Å². The molecule has 6 aromatic carbocycles. The molecule has 71 heavy (non-hydrogen) atoms. The van der Waals surface area contributed by atoms with E-state index in [1.807, 2.05) is 6.92 Å². The summed E-state index contributed by atoms with van der Waals surface area (Å²) in [5.41, 5.74) is 20.6. The van der Waals surface area contributed by atoms with Crippen LogP contribution in [0.5, 0.6) is 11.5 Å². The molecule has 0 fully saturated rings. The molecule has 0 heterocycles. The van der Waals surface area contributed by atoms with Crippen LogP contribution in [0.1, 0.15) is 17.5 Å². The maximum absolute atomic E-state index is 12.4. The Hall–Kier alpha value is -6.43. The minimum atomic E-state index is -4.81. The molecule has 0 aromatic heterocycles. The van der Waals surface area contributed by atoms with Crippen LogP contribution < -0.4 is 26.7 Å². The lowest BCUT2D eigenvalue weighted by Gasteiger charge is -2.14. The average Bonchev–Trinajstić information content (AvgIpc) is 3.32. The number of nitrogens with zero attached hydrogens (tertiary/aromatic N) is 6. The number of anilines is 4. The van der Waals surface area contributed by atoms with Crippen molar-refractivity contribution in [1.29, 1.82) is 0 Å². The Balaban J connectivity index is 0.000000282. The van der Waals surface area contributed by atoms with Gasteiger partial charge in [0.05, 0.1) is 68.6 Å². The molecule has 0 saturated heterocycles. The zero-order valence-corrected chi connectivity index (χ0v) is 41.0. The van der Waals surface area contributed by atoms with Gasteiger partial charge in [-0.1, -0.05) is 33.8 Å². The molecule has 31 heteroatoms. The van der Waals surface area contributed by atoms with Crippen LogP contribution in [0.25, 0.3) is 10.8 Å². The zero-order chi connectivity index (χ0) is 51.9. The number of phenolic OH excluding ortho intramolecular Hbond substituents is 1. The maximum atomic E-state index is 12.4. The summed E-state index contributed by atoms with van der Waals surface area (Å²) in [6.07, 6.45) is 0.685. The van der Waals surface area contributed by atoms with E-state index in [-0.39, 0.29) is 54.8 Å². The van der Waals surface area contributed by atoms with E-state index >= 15 is 0 Å². The molecule has 0 saturated carbocycles. The molecule has 0 aliphatic carbocycles. The van der Waals surface area contributed by atoms with Crippen molar-refractivity contribution in [3.05, 3.63) is 102 Å². The first-order valence-electron chi connectivity index (χ1n) is 19.6. The third-order valence-electron chi connectivity index (χ3n) is 9.33. The van der Waals surface area contributed by atoms with E-state index in [1.165, 1.54) is 38.4 Å². The number of aryl methyl sites for hydroxylation is 2. The van der Waals surface area contributed by atoms with Crippen molar-refractivity contribution in [3.8, 4) is 11.5 Å². The molecule has 0 aliphatic rings. The second-order valence-corrected chi connectivity index (χ2v) is 19.3. The number of nitrogens with one attached hydrogen (secondary N) is 1. The third kappa shape index (κ3) is 15.0. The number of benzene rings is 6. The predicted octanol–water partition coefficient (Wildman–Crippen LogP) is 9.83. The highest BCUT2D eigenvalue weighted by molar-refractivity contribution is 7.94. The third-order valence-corrected chi connectivity index (χ3v) is 13.3. The van der Waals surface area contributed by atoms with E-state index in [4.69, 9.17) is 36.6 Å². The standard InChI is InChI=1S/C20H21N5O13S4.C20H21N5O3S/c1-22-23-13-9-15(41(29)30)11-8-14(39-37-35-27)19(20(26)17(11)18(13)21)25-24-12-5-4-10(7-16(12)42(31,32)33)3-2-6-34-40-38-36-28;1-13-3-9-16(10-4-13)29(26,27)25-15-7-5-14(6-8-15)23-24-19-12-20(28-2)18(22)11-17(19)21/h4-5,7-9,26-28H,2-3,6,21H2,1H3,(H,29,30)(H,31,32,33);3-12,25H,21-22H2,1-2H3. The normalized spacial score (nSPS) is 12.4. The van der Waals surface area contributed by atoms with Gasteiger partial charge >= 0.3 is 0 Å². The highest BCUT2D eigenvalue weighted by atomic mass is 32.2. The van der Waals surface area contributed by atoms with Gasteiger partial charge in [-0.3, -0.25) is 13.5 Å². The van der Waals surface area contributed by atoms with Crippen LogP contribution in [0, 0.1) is 6.92 Å². The van der Waals surface area contributed by atoms with Crippen molar-refractivity contribution in [2.45, 2.75) is 39.3 Å². The monoisotopic (exact) mass is 1080 g/mol. The van der Waals surface area contributed by atoms with Crippen LogP contribution in [-0.2, 0) is 60.6 Å². The smallest absolute Gasteiger partial charge is 0.296 e. The number of methoxy groups -OCH3 is 1. The number of nitrogen functional groups attached to an aromatic ring is 3. The number of ether oxygens (including phenoxy) is 1. The maximum Gasteiger partial charge on any atom is 0.296 e. The minimum Gasteiger partial charge on any atom is -0.505 e. The summed E-state index contributed by atoms with van der Waals surface area (Å²) in [4.78, 5) is -0.745. The SMILES string of the molecule is CN=Nc1cc(S(=O)O)c2cc(SOOO)c(N=Nc3ccc(CCCOSOOO)cc3S(=O)(=O)O)c(O)c2c1N.COc1cc(N=Nc2ccc(NS(=O)(=O)c3ccc(C)cc3)cc2)c(N)cc1N. The fourth-order valence-corrected chi connectivity index (χ4v) is 9.10. The van der Waals surface area contributed by atoms with Crippen molar-refractivity contribution in [2.24, 2.45) is 30.7 Å². The van der Waals surface area contributed by atoms with Gasteiger partial charge < -0.3 is 31.6 Å². The van der Waals surface area contributed by atoms with Crippen LogP contribution in [0.15, 0.2) is 141 Å². The molecule has 0 radical (unpaired) electrons. The summed E-state index contributed by atoms with van der Waals surface area (Å²) in [7, 11) is -5.64. The lowest BCUT2D eigenvalue weighted by Crippen LogP contribution is -2.12. The first kappa shape index (κ1) is 55.5. The van der Waals surface area contributed by atoms with Crippen molar-refractivity contribution in [1.82, 2.24) is 0 Å². The second-order valence-electron chi connectivity index (χ2n) is 14.0. The van der Waals surface area contributed by atoms with E-state index in [2.05, 4.69) is 54.2 Å². The molecule has 1 atom stereocenters. The largest absolute Gasteiger partial charge is 0.505 e. The van der Waals surface area contributed by atoms with E-state index in [1.54, 1.807) is 60.7 Å². The number of hydrogen-bond donors (Lipinski definition) is 9. The zero-order valence-electron chi connectivity index (χ0n) is 37.0. The molecular formula is C40H42N10O16S5. The fraction of sp³-hybridized carbons (Fsp3) is 0.150. The number of phenols is 1. The van der Waals surface area contributed by atoms with Crippen LogP contribution in [0.2, 0.25) is 0 Å². The second kappa shape index (κ2) is 25.6. The van der Waals surface area contributed by atoms with Gasteiger partial charge in [0.2, 0.25) is 0 Å². The summed E-state index contributed by atoms with van der Waals surface area (Å²) >= 11 is -1.88. The number of azo groups is 3. The summed E-state index contributed by atoms with van der Waals surface area (Å²) in [5.74, 6) is -0.231. The molecule has 6 rings (SSSR count). The first-order valence-corrected chi connectivity index (χ1v) is 25.1. The Morgan fingerprint density at radius 3 is 2.11 bits per heavy atom. The van der Waals surface area contributed by atoms with E-state index < -0.39 is 41.9 Å². The molecule has 12 N–H and O–H groups in total. The molecule has 1 unspecified atom stereocenters. The molecular weight excluding hydrogens is 1040 g/mol. The van der Waals surface area contributed by atoms with Gasteiger partial charge in [0, 0.05) is 24.2 Å². The molecule has 26 nitrogen and oxygen atoms in total. The van der Waals surface area contributed by atoms with Crippen LogP contribution >= 0.6 is 24.4 Å². The number of rotatable bonds is 21. The summed E-state index contributed by atoms with van der Waals surface area (Å²) in [6.45, 7) is 2.03. The number of fused-ring (bicyclic) bond motifs is 1. The predicted molar refractivity (Wildman–Crippen MR) is 262 cm³/mol. The van der Waals surface area contributed by atoms with E-state index in [9.17, 15) is 35.3 Å². The number of aromatic hydroxyl groups is 1. The lowest BCUT2D eigenvalue weighted by atomic mass is 10.0. The van der Waals surface area contributed by atoms with Crippen molar-refractivity contribution < 1.29 is 73.4 Å². The molecule has 0 aliphatic heterocycles. The molecule has 378 valence electrons. The van der Waals surface area contributed by atoms with Gasteiger partial charge in [0.1, 0.15) is 33.4 Å². The highest BCUT2D eigenvalue weighted by Gasteiger charge is 2.24. The fourth-order valence-electron chi connectivity index (χ4n) is 6.07. The quantitative estimate of drug-likeness (QED) is 0.00473. The van der Waals surface area contributed by atoms with Crippen LogP contribution in [-0.4, -0.2) is 66.5 Å². The summed E-state index contributed by atoms with van der Waals surface area (Å²) < 4.78 is 102. The van der Waals surface area contributed by atoms with Gasteiger partial charge in [0.15, 0.2) is 29.2 Å². The highest BCUT2D eigenvalue weighted by Crippen LogP contribution is 2.49. The van der Waals surface area contributed by atoms with E-state index in [0.717, 1.165) is 11.6 Å². The van der Waals surface area contributed by atoms with Gasteiger partial charge in [-0.05, 0) is 92.1 Å². The molecule has 0 spiro atoms. The number of hydrogen-bond acceptors (Lipinski definition) is 25. The number of sulfonamides is 1. The van der Waals surface area contributed by atoms with Crippen LogP contribution in [0.4, 0.5) is 51.2 Å². The Morgan fingerprint density at radius 2 is 1.48 bits per heavy atom. The Bertz CT molecular complexity index is 3190. The Kier molecular flexibility index (Phi) is 20.0. The average molecular weight is 1080 g/mol. The summed E-state index contributed by atoms with van der Waals surface area (Å²) in [6, 6.07) is 22.6. The Labute approximate surface area is 415 Å². The van der Waals surface area contributed by atoms with Crippen molar-refractivity contribution >= 4 is 118 Å².